The first kappa shape index (κ1) is 13.9. The van der Waals surface area contributed by atoms with Crippen LogP contribution in [0.5, 0.6) is 5.75 Å². The summed E-state index contributed by atoms with van der Waals surface area (Å²) in [5.74, 6) is 0.0749. The van der Waals surface area contributed by atoms with Crippen molar-refractivity contribution >= 4 is 11.6 Å². The van der Waals surface area contributed by atoms with Crippen molar-refractivity contribution in [1.29, 1.82) is 0 Å². The standard InChI is InChI=1S/C15H22N2O2/c1-3-11-6-7-13(18)12(10-11)17-14(19)15(4-2)8-5-9-16-15/h6-7,10,16,18H,3-5,8-9H2,1-2H3,(H,17,19). The molecular formula is C15H22N2O2. The van der Waals surface area contributed by atoms with E-state index in [2.05, 4.69) is 10.6 Å². The van der Waals surface area contributed by atoms with Gasteiger partial charge in [-0.1, -0.05) is 19.9 Å². The van der Waals surface area contributed by atoms with Gasteiger partial charge in [-0.3, -0.25) is 4.79 Å². The lowest BCUT2D eigenvalue weighted by Crippen LogP contribution is -2.50. The van der Waals surface area contributed by atoms with Crippen molar-refractivity contribution in [3.05, 3.63) is 23.8 Å². The average Bonchev–Trinajstić information content (AvgIpc) is 2.91. The minimum Gasteiger partial charge on any atom is -0.506 e. The Kier molecular flexibility index (Phi) is 4.10. The van der Waals surface area contributed by atoms with Gasteiger partial charge in [-0.2, -0.15) is 0 Å². The SMILES string of the molecule is CCc1ccc(O)c(NC(=O)C2(CC)CCCN2)c1. The van der Waals surface area contributed by atoms with Crippen LogP contribution in [0.4, 0.5) is 5.69 Å². The lowest BCUT2D eigenvalue weighted by molar-refractivity contribution is -0.122. The Hall–Kier alpha value is -1.55. The van der Waals surface area contributed by atoms with Crippen molar-refractivity contribution in [2.75, 3.05) is 11.9 Å². The molecule has 0 radical (unpaired) electrons. The van der Waals surface area contributed by atoms with Crippen molar-refractivity contribution in [2.24, 2.45) is 0 Å². The summed E-state index contributed by atoms with van der Waals surface area (Å²) >= 11 is 0. The van der Waals surface area contributed by atoms with Crippen LogP contribution in [0.3, 0.4) is 0 Å². The van der Waals surface area contributed by atoms with Crippen LogP contribution in [0.2, 0.25) is 0 Å². The van der Waals surface area contributed by atoms with Gasteiger partial charge in [0.2, 0.25) is 5.91 Å². The van der Waals surface area contributed by atoms with Crippen LogP contribution in [-0.2, 0) is 11.2 Å². The quantitative estimate of drug-likeness (QED) is 0.730. The van der Waals surface area contributed by atoms with Crippen molar-refractivity contribution in [1.82, 2.24) is 5.32 Å². The largest absolute Gasteiger partial charge is 0.506 e. The fourth-order valence-corrected chi connectivity index (χ4v) is 2.61. The molecule has 1 aromatic rings. The number of carbonyl (C=O) groups is 1. The third-order valence-corrected chi connectivity index (χ3v) is 4.00. The maximum Gasteiger partial charge on any atom is 0.244 e. The minimum absolute atomic E-state index is 0.0453. The lowest BCUT2D eigenvalue weighted by atomic mass is 9.93. The highest BCUT2D eigenvalue weighted by Crippen LogP contribution is 2.29. The number of phenolic OH excluding ortho intramolecular Hbond substituents is 1. The van der Waals surface area contributed by atoms with E-state index >= 15 is 0 Å². The summed E-state index contributed by atoms with van der Waals surface area (Å²) in [6.07, 6.45) is 3.50. The first-order chi connectivity index (χ1) is 9.11. The van der Waals surface area contributed by atoms with Gasteiger partial charge < -0.3 is 15.7 Å². The van der Waals surface area contributed by atoms with E-state index in [1.54, 1.807) is 6.07 Å². The maximum absolute atomic E-state index is 12.4. The zero-order chi connectivity index (χ0) is 13.9. The molecule has 19 heavy (non-hydrogen) atoms. The molecule has 0 bridgehead atoms. The molecule has 0 aromatic heterocycles. The Morgan fingerprint density at radius 1 is 1.47 bits per heavy atom. The molecule has 1 atom stereocenters. The number of benzene rings is 1. The second-order valence-corrected chi connectivity index (χ2v) is 5.13. The van der Waals surface area contributed by atoms with E-state index in [0.29, 0.717) is 5.69 Å². The molecule has 1 aliphatic heterocycles. The van der Waals surface area contributed by atoms with Crippen molar-refractivity contribution in [3.8, 4) is 5.75 Å². The molecule has 0 spiro atoms. The summed E-state index contributed by atoms with van der Waals surface area (Å²) in [5, 5.41) is 16.0. The zero-order valence-electron chi connectivity index (χ0n) is 11.6. The smallest absolute Gasteiger partial charge is 0.244 e. The Balaban J connectivity index is 2.18. The van der Waals surface area contributed by atoms with Crippen LogP contribution in [0.15, 0.2) is 18.2 Å². The van der Waals surface area contributed by atoms with Gasteiger partial charge >= 0.3 is 0 Å². The van der Waals surface area contributed by atoms with E-state index in [0.717, 1.165) is 37.8 Å². The van der Waals surface area contributed by atoms with Gasteiger partial charge in [0.15, 0.2) is 0 Å². The summed E-state index contributed by atoms with van der Waals surface area (Å²) in [6.45, 7) is 4.94. The predicted molar refractivity (Wildman–Crippen MR) is 76.4 cm³/mol. The molecule has 2 rings (SSSR count). The summed E-state index contributed by atoms with van der Waals surface area (Å²) in [5.41, 5.74) is 1.12. The molecule has 1 aromatic carbocycles. The molecule has 104 valence electrons. The normalized spacial score (nSPS) is 22.4. The van der Waals surface area contributed by atoms with E-state index in [4.69, 9.17) is 0 Å². The molecule has 0 aliphatic carbocycles. The summed E-state index contributed by atoms with van der Waals surface area (Å²) in [6, 6.07) is 5.34. The molecule has 4 heteroatoms. The number of carbonyl (C=O) groups excluding carboxylic acids is 1. The van der Waals surface area contributed by atoms with Crippen LogP contribution in [0, 0.1) is 0 Å². The Morgan fingerprint density at radius 2 is 2.26 bits per heavy atom. The number of nitrogens with one attached hydrogen (secondary N) is 2. The summed E-state index contributed by atoms with van der Waals surface area (Å²) in [7, 11) is 0. The number of rotatable bonds is 4. The van der Waals surface area contributed by atoms with Gasteiger partial charge in [-0.15, -0.1) is 0 Å². The van der Waals surface area contributed by atoms with Gasteiger partial charge in [-0.25, -0.2) is 0 Å². The second-order valence-electron chi connectivity index (χ2n) is 5.13. The van der Waals surface area contributed by atoms with E-state index in [1.807, 2.05) is 26.0 Å². The Labute approximate surface area is 114 Å². The molecule has 0 saturated carbocycles. The third kappa shape index (κ3) is 2.73. The molecule has 1 amide bonds. The van der Waals surface area contributed by atoms with Gasteiger partial charge in [0.1, 0.15) is 5.75 Å². The maximum atomic E-state index is 12.4. The van der Waals surface area contributed by atoms with Crippen LogP contribution in [0.1, 0.15) is 38.7 Å². The lowest BCUT2D eigenvalue weighted by Gasteiger charge is -2.27. The minimum atomic E-state index is -0.478. The first-order valence-corrected chi connectivity index (χ1v) is 6.99. The van der Waals surface area contributed by atoms with Gasteiger partial charge in [0, 0.05) is 0 Å². The van der Waals surface area contributed by atoms with E-state index in [1.165, 1.54) is 0 Å². The monoisotopic (exact) mass is 262 g/mol. The van der Waals surface area contributed by atoms with E-state index in [-0.39, 0.29) is 11.7 Å². The molecule has 1 heterocycles. The van der Waals surface area contributed by atoms with Crippen LogP contribution < -0.4 is 10.6 Å². The average molecular weight is 262 g/mol. The van der Waals surface area contributed by atoms with Crippen molar-refractivity contribution in [3.63, 3.8) is 0 Å². The van der Waals surface area contributed by atoms with Crippen LogP contribution in [-0.4, -0.2) is 23.1 Å². The highest BCUT2D eigenvalue weighted by molar-refractivity contribution is 5.99. The number of anilines is 1. The van der Waals surface area contributed by atoms with E-state index in [9.17, 15) is 9.90 Å². The number of hydrogen-bond acceptors (Lipinski definition) is 3. The van der Waals surface area contributed by atoms with Crippen LogP contribution in [0.25, 0.3) is 0 Å². The van der Waals surface area contributed by atoms with E-state index < -0.39 is 5.54 Å². The Bertz CT molecular complexity index is 465. The van der Waals surface area contributed by atoms with Gasteiger partial charge in [0.05, 0.1) is 11.2 Å². The predicted octanol–water partition coefficient (Wildman–Crippen LogP) is 2.43. The fraction of sp³-hybridized carbons (Fsp3) is 0.533. The van der Waals surface area contributed by atoms with Crippen molar-refractivity contribution in [2.45, 2.75) is 45.1 Å². The number of hydrogen-bond donors (Lipinski definition) is 3. The van der Waals surface area contributed by atoms with Gasteiger partial charge in [-0.05, 0) is 49.9 Å². The topological polar surface area (TPSA) is 61.4 Å². The molecule has 4 nitrogen and oxygen atoms in total. The Morgan fingerprint density at radius 3 is 2.84 bits per heavy atom. The summed E-state index contributed by atoms with van der Waals surface area (Å²) in [4.78, 5) is 12.4. The fourth-order valence-electron chi connectivity index (χ4n) is 2.61. The molecule has 3 N–H and O–H groups in total. The van der Waals surface area contributed by atoms with Crippen LogP contribution >= 0.6 is 0 Å². The number of aryl methyl sites for hydroxylation is 1. The third-order valence-electron chi connectivity index (χ3n) is 4.00. The number of amides is 1. The van der Waals surface area contributed by atoms with Crippen molar-refractivity contribution < 1.29 is 9.90 Å². The first-order valence-electron chi connectivity index (χ1n) is 6.99. The molecule has 1 fully saturated rings. The molecule has 1 aliphatic rings. The second kappa shape index (κ2) is 5.61. The molecule has 1 unspecified atom stereocenters. The summed E-state index contributed by atoms with van der Waals surface area (Å²) < 4.78 is 0. The number of phenols is 1. The van der Waals surface area contributed by atoms with Gasteiger partial charge in [0.25, 0.3) is 0 Å². The highest BCUT2D eigenvalue weighted by Gasteiger charge is 2.39. The zero-order valence-corrected chi connectivity index (χ0v) is 11.6. The molecule has 1 saturated heterocycles. The number of aromatic hydroxyl groups is 1. The highest BCUT2D eigenvalue weighted by atomic mass is 16.3. The molecular weight excluding hydrogens is 240 g/mol.